The maximum absolute atomic E-state index is 5.89. The van der Waals surface area contributed by atoms with Crippen molar-refractivity contribution in [2.45, 2.75) is 25.3 Å². The molecule has 1 aliphatic rings. The van der Waals surface area contributed by atoms with Crippen molar-refractivity contribution in [3.63, 3.8) is 0 Å². The molecule has 0 bridgehead atoms. The van der Waals surface area contributed by atoms with Crippen molar-refractivity contribution in [1.29, 1.82) is 0 Å². The van der Waals surface area contributed by atoms with Crippen LogP contribution in [0.5, 0.6) is 0 Å². The molecule has 0 radical (unpaired) electrons. The molecule has 3 heteroatoms. The SMILES string of the molecule is C=CCCNC(CN)c1ccc2c(c1)CCCN2C. The molecule has 3 nitrogen and oxygen atoms in total. The molecule has 104 valence electrons. The van der Waals surface area contributed by atoms with E-state index >= 15 is 0 Å². The van der Waals surface area contributed by atoms with E-state index in [0.717, 1.165) is 19.5 Å². The van der Waals surface area contributed by atoms with Gasteiger partial charge in [0.1, 0.15) is 0 Å². The van der Waals surface area contributed by atoms with E-state index in [0.29, 0.717) is 6.54 Å². The molecule has 0 saturated heterocycles. The van der Waals surface area contributed by atoms with Gasteiger partial charge in [-0.1, -0.05) is 18.2 Å². The van der Waals surface area contributed by atoms with Crippen LogP contribution in [0.4, 0.5) is 5.69 Å². The van der Waals surface area contributed by atoms with Gasteiger partial charge in [-0.25, -0.2) is 0 Å². The first-order valence-electron chi connectivity index (χ1n) is 7.14. The normalized spacial score (nSPS) is 16.0. The van der Waals surface area contributed by atoms with Crippen LogP contribution in [0.3, 0.4) is 0 Å². The fraction of sp³-hybridized carbons (Fsp3) is 0.500. The van der Waals surface area contributed by atoms with Crippen molar-refractivity contribution in [2.24, 2.45) is 5.73 Å². The second kappa shape index (κ2) is 6.73. The Hall–Kier alpha value is -1.32. The monoisotopic (exact) mass is 259 g/mol. The van der Waals surface area contributed by atoms with E-state index in [1.54, 1.807) is 0 Å². The van der Waals surface area contributed by atoms with E-state index in [-0.39, 0.29) is 6.04 Å². The lowest BCUT2D eigenvalue weighted by molar-refractivity contribution is 0.547. The molecule has 0 spiro atoms. The predicted octanol–water partition coefficient (Wildman–Crippen LogP) is 2.23. The third kappa shape index (κ3) is 3.37. The van der Waals surface area contributed by atoms with E-state index in [4.69, 9.17) is 5.73 Å². The summed E-state index contributed by atoms with van der Waals surface area (Å²) in [5, 5.41) is 3.49. The molecule has 1 unspecified atom stereocenters. The van der Waals surface area contributed by atoms with Gasteiger partial charge in [-0.3, -0.25) is 0 Å². The van der Waals surface area contributed by atoms with Crippen LogP contribution in [0, 0.1) is 0 Å². The van der Waals surface area contributed by atoms with Crippen molar-refractivity contribution >= 4 is 5.69 Å². The van der Waals surface area contributed by atoms with Crippen LogP contribution in [0.2, 0.25) is 0 Å². The Morgan fingerprint density at radius 1 is 1.53 bits per heavy atom. The summed E-state index contributed by atoms with van der Waals surface area (Å²) in [6.07, 6.45) is 5.33. The highest BCUT2D eigenvalue weighted by Gasteiger charge is 2.16. The maximum Gasteiger partial charge on any atom is 0.0444 e. The average Bonchev–Trinajstić information content (AvgIpc) is 2.44. The number of nitrogens with one attached hydrogen (secondary N) is 1. The summed E-state index contributed by atoms with van der Waals surface area (Å²) in [5.74, 6) is 0. The number of hydrogen-bond donors (Lipinski definition) is 2. The van der Waals surface area contributed by atoms with Gasteiger partial charge in [-0.15, -0.1) is 6.58 Å². The van der Waals surface area contributed by atoms with Crippen LogP contribution in [0.15, 0.2) is 30.9 Å². The van der Waals surface area contributed by atoms with Gasteiger partial charge in [0.15, 0.2) is 0 Å². The fourth-order valence-electron chi connectivity index (χ4n) is 2.72. The van der Waals surface area contributed by atoms with Crippen molar-refractivity contribution in [3.8, 4) is 0 Å². The zero-order chi connectivity index (χ0) is 13.7. The number of nitrogens with two attached hydrogens (primary N) is 1. The predicted molar refractivity (Wildman–Crippen MR) is 82.6 cm³/mol. The smallest absolute Gasteiger partial charge is 0.0444 e. The highest BCUT2D eigenvalue weighted by molar-refractivity contribution is 5.56. The highest BCUT2D eigenvalue weighted by atomic mass is 15.1. The number of nitrogens with zero attached hydrogens (tertiary/aromatic N) is 1. The first kappa shape index (κ1) is 14.1. The van der Waals surface area contributed by atoms with Crippen LogP contribution < -0.4 is 16.0 Å². The molecule has 0 saturated carbocycles. The third-order valence-electron chi connectivity index (χ3n) is 3.83. The van der Waals surface area contributed by atoms with E-state index < -0.39 is 0 Å². The zero-order valence-corrected chi connectivity index (χ0v) is 11.9. The van der Waals surface area contributed by atoms with E-state index in [1.807, 2.05) is 6.08 Å². The maximum atomic E-state index is 5.89. The number of fused-ring (bicyclic) bond motifs is 1. The Labute approximate surface area is 116 Å². The average molecular weight is 259 g/mol. The summed E-state index contributed by atoms with van der Waals surface area (Å²) in [4.78, 5) is 2.34. The first-order chi connectivity index (χ1) is 9.26. The standard InChI is InChI=1S/C16H25N3/c1-3-4-9-18-15(12-17)13-7-8-16-14(11-13)6-5-10-19(16)2/h3,7-8,11,15,18H,1,4-6,9-10,12,17H2,2H3. The molecule has 0 aromatic heterocycles. The molecule has 1 heterocycles. The number of aryl methyl sites for hydroxylation is 1. The van der Waals surface area contributed by atoms with Gasteiger partial charge < -0.3 is 16.0 Å². The molecular weight excluding hydrogens is 234 g/mol. The van der Waals surface area contributed by atoms with Crippen LogP contribution in [-0.2, 0) is 6.42 Å². The topological polar surface area (TPSA) is 41.3 Å². The summed E-state index contributed by atoms with van der Waals surface area (Å²) in [6, 6.07) is 7.02. The molecule has 0 fully saturated rings. The lowest BCUT2D eigenvalue weighted by Crippen LogP contribution is -2.30. The third-order valence-corrected chi connectivity index (χ3v) is 3.83. The number of benzene rings is 1. The van der Waals surface area contributed by atoms with Crippen molar-refractivity contribution in [3.05, 3.63) is 42.0 Å². The molecule has 1 aromatic carbocycles. The lowest BCUT2D eigenvalue weighted by atomic mass is 9.96. The minimum absolute atomic E-state index is 0.248. The summed E-state index contributed by atoms with van der Waals surface area (Å²) in [5.41, 5.74) is 10.0. The zero-order valence-electron chi connectivity index (χ0n) is 11.9. The molecule has 3 N–H and O–H groups in total. The molecule has 1 aromatic rings. The van der Waals surface area contributed by atoms with Crippen LogP contribution in [0.1, 0.15) is 30.0 Å². The minimum atomic E-state index is 0.248. The van der Waals surface area contributed by atoms with Gasteiger partial charge in [0.05, 0.1) is 0 Å². The Morgan fingerprint density at radius 3 is 3.11 bits per heavy atom. The first-order valence-corrected chi connectivity index (χ1v) is 7.14. The second-order valence-corrected chi connectivity index (χ2v) is 5.23. The van der Waals surface area contributed by atoms with Gasteiger partial charge in [0.2, 0.25) is 0 Å². The van der Waals surface area contributed by atoms with Crippen LogP contribution in [0.25, 0.3) is 0 Å². The van der Waals surface area contributed by atoms with E-state index in [1.165, 1.54) is 29.7 Å². The summed E-state index contributed by atoms with van der Waals surface area (Å²) in [6.45, 7) is 6.47. The second-order valence-electron chi connectivity index (χ2n) is 5.23. The summed E-state index contributed by atoms with van der Waals surface area (Å²) in [7, 11) is 2.17. The number of hydrogen-bond acceptors (Lipinski definition) is 3. The van der Waals surface area contributed by atoms with Crippen molar-refractivity contribution in [2.75, 3.05) is 31.6 Å². The van der Waals surface area contributed by atoms with Gasteiger partial charge >= 0.3 is 0 Å². The summed E-state index contributed by atoms with van der Waals surface area (Å²) < 4.78 is 0. The van der Waals surface area contributed by atoms with Gasteiger partial charge in [-0.05, 0) is 43.0 Å². The van der Waals surface area contributed by atoms with Crippen molar-refractivity contribution < 1.29 is 0 Å². The minimum Gasteiger partial charge on any atom is -0.374 e. The van der Waals surface area contributed by atoms with E-state index in [9.17, 15) is 0 Å². The quantitative estimate of drug-likeness (QED) is 0.608. The van der Waals surface area contributed by atoms with E-state index in [2.05, 4.69) is 42.0 Å². The molecule has 1 atom stereocenters. The number of anilines is 1. The summed E-state index contributed by atoms with van der Waals surface area (Å²) >= 11 is 0. The van der Waals surface area contributed by atoms with Crippen molar-refractivity contribution in [1.82, 2.24) is 5.32 Å². The fourth-order valence-corrected chi connectivity index (χ4v) is 2.72. The Morgan fingerprint density at radius 2 is 2.37 bits per heavy atom. The van der Waals surface area contributed by atoms with Crippen LogP contribution in [-0.4, -0.2) is 26.7 Å². The Balaban J connectivity index is 2.12. The largest absolute Gasteiger partial charge is 0.374 e. The molecular formula is C16H25N3. The van der Waals surface area contributed by atoms with Gasteiger partial charge in [0.25, 0.3) is 0 Å². The lowest BCUT2D eigenvalue weighted by Gasteiger charge is -2.29. The van der Waals surface area contributed by atoms with Crippen LogP contribution >= 0.6 is 0 Å². The number of rotatable bonds is 6. The molecule has 0 amide bonds. The Kier molecular flexibility index (Phi) is 5.00. The molecule has 0 aliphatic carbocycles. The Bertz CT molecular complexity index is 428. The highest BCUT2D eigenvalue weighted by Crippen LogP contribution is 2.28. The molecule has 1 aliphatic heterocycles. The van der Waals surface area contributed by atoms with Gasteiger partial charge in [-0.2, -0.15) is 0 Å². The van der Waals surface area contributed by atoms with Gasteiger partial charge in [0, 0.05) is 31.9 Å². The molecule has 2 rings (SSSR count). The molecule has 19 heavy (non-hydrogen) atoms.